The van der Waals surface area contributed by atoms with Gasteiger partial charge in [0.25, 0.3) is 0 Å². The molecule has 3 N–H and O–H groups in total. The molecule has 0 radical (unpaired) electrons. The number of rotatable bonds is 6. The zero-order valence-electron chi connectivity index (χ0n) is 12.1. The van der Waals surface area contributed by atoms with E-state index in [1.54, 1.807) is 6.07 Å². The third-order valence-electron chi connectivity index (χ3n) is 3.14. The van der Waals surface area contributed by atoms with Crippen LogP contribution in [-0.4, -0.2) is 28.1 Å². The molecular formula is C16H17N5O. The highest BCUT2D eigenvalue weighted by atomic mass is 16.5. The van der Waals surface area contributed by atoms with Gasteiger partial charge in [-0.25, -0.2) is 15.0 Å². The van der Waals surface area contributed by atoms with Crippen molar-refractivity contribution in [2.24, 2.45) is 0 Å². The molecule has 0 fully saturated rings. The molecule has 3 rings (SSSR count). The second-order valence-electron chi connectivity index (χ2n) is 4.77. The summed E-state index contributed by atoms with van der Waals surface area (Å²) in [7, 11) is 0. The van der Waals surface area contributed by atoms with Crippen molar-refractivity contribution in [1.82, 2.24) is 15.0 Å². The molecule has 0 aliphatic heterocycles. The van der Waals surface area contributed by atoms with Gasteiger partial charge in [-0.05, 0) is 30.7 Å². The van der Waals surface area contributed by atoms with Crippen LogP contribution in [0, 0.1) is 0 Å². The molecule has 2 aromatic heterocycles. The van der Waals surface area contributed by atoms with E-state index in [1.807, 2.05) is 36.4 Å². The molecule has 0 bridgehead atoms. The molecule has 0 spiro atoms. The Labute approximate surface area is 128 Å². The maximum absolute atomic E-state index is 5.66. The van der Waals surface area contributed by atoms with E-state index in [0.29, 0.717) is 18.1 Å². The van der Waals surface area contributed by atoms with Gasteiger partial charge in [0.15, 0.2) is 5.65 Å². The Morgan fingerprint density at radius 1 is 1.05 bits per heavy atom. The van der Waals surface area contributed by atoms with Crippen LogP contribution in [-0.2, 0) is 0 Å². The summed E-state index contributed by atoms with van der Waals surface area (Å²) >= 11 is 0. The fourth-order valence-corrected chi connectivity index (χ4v) is 2.08. The van der Waals surface area contributed by atoms with Crippen LogP contribution in [0.15, 0.2) is 48.8 Å². The van der Waals surface area contributed by atoms with Crippen LogP contribution in [0.1, 0.15) is 6.42 Å². The molecule has 0 unspecified atom stereocenters. The summed E-state index contributed by atoms with van der Waals surface area (Å²) in [6.07, 6.45) is 2.35. The molecule has 0 amide bonds. The first-order valence-electron chi connectivity index (χ1n) is 7.12. The molecule has 3 aromatic rings. The summed E-state index contributed by atoms with van der Waals surface area (Å²) < 4.78 is 5.65. The van der Waals surface area contributed by atoms with Gasteiger partial charge in [0.05, 0.1) is 12.0 Å². The maximum atomic E-state index is 5.66. The van der Waals surface area contributed by atoms with Crippen molar-refractivity contribution >= 4 is 22.7 Å². The van der Waals surface area contributed by atoms with Gasteiger partial charge in [-0.2, -0.15) is 0 Å². The van der Waals surface area contributed by atoms with Crippen LogP contribution < -0.4 is 15.8 Å². The van der Waals surface area contributed by atoms with Crippen LogP contribution in [0.25, 0.3) is 11.0 Å². The highest BCUT2D eigenvalue weighted by Gasteiger charge is 2.04. The van der Waals surface area contributed by atoms with Crippen LogP contribution in [0.5, 0.6) is 5.75 Å². The molecule has 2 heterocycles. The normalized spacial score (nSPS) is 10.5. The van der Waals surface area contributed by atoms with E-state index in [4.69, 9.17) is 10.5 Å². The number of pyridine rings is 1. The fourth-order valence-electron chi connectivity index (χ4n) is 2.08. The van der Waals surface area contributed by atoms with Gasteiger partial charge in [0.1, 0.15) is 23.7 Å². The first-order chi connectivity index (χ1) is 10.8. The number of nitrogen functional groups attached to an aromatic ring is 1. The Bertz CT molecular complexity index is 748. The maximum Gasteiger partial charge on any atom is 0.166 e. The number of hydrogen-bond donors (Lipinski definition) is 2. The number of aromatic nitrogens is 3. The molecule has 0 aliphatic carbocycles. The Morgan fingerprint density at radius 2 is 1.91 bits per heavy atom. The standard InChI is InChI=1S/C16H17N5O/c17-14-8-7-13-15(19-11-20-16(13)21-14)18-9-4-10-22-12-5-2-1-3-6-12/h1-3,5-8,11H,4,9-10H2,(H3,17,18,19,20,21). The summed E-state index contributed by atoms with van der Waals surface area (Å²) in [6.45, 7) is 1.40. The average Bonchev–Trinajstić information content (AvgIpc) is 2.55. The lowest BCUT2D eigenvalue weighted by molar-refractivity contribution is 0.315. The number of benzene rings is 1. The zero-order valence-corrected chi connectivity index (χ0v) is 12.1. The number of nitrogens with zero attached hydrogens (tertiary/aromatic N) is 3. The molecule has 6 nitrogen and oxygen atoms in total. The SMILES string of the molecule is Nc1ccc2c(NCCCOc3ccccc3)ncnc2n1. The molecule has 0 saturated carbocycles. The second kappa shape index (κ2) is 6.71. The quantitative estimate of drug-likeness (QED) is 0.679. The van der Waals surface area contributed by atoms with Gasteiger partial charge >= 0.3 is 0 Å². The number of anilines is 2. The molecule has 0 aliphatic rings. The number of hydrogen-bond acceptors (Lipinski definition) is 6. The van der Waals surface area contributed by atoms with E-state index < -0.39 is 0 Å². The molecular weight excluding hydrogens is 278 g/mol. The minimum atomic E-state index is 0.452. The van der Waals surface area contributed by atoms with E-state index in [0.717, 1.165) is 29.9 Å². The summed E-state index contributed by atoms with van der Waals surface area (Å²) in [5.41, 5.74) is 6.26. The molecule has 22 heavy (non-hydrogen) atoms. The summed E-state index contributed by atoms with van der Waals surface area (Å²) in [4.78, 5) is 12.6. The monoisotopic (exact) mass is 295 g/mol. The molecule has 0 saturated heterocycles. The lowest BCUT2D eigenvalue weighted by Crippen LogP contribution is -2.09. The zero-order chi connectivity index (χ0) is 15.2. The van der Waals surface area contributed by atoms with Gasteiger partial charge in [-0.1, -0.05) is 18.2 Å². The Kier molecular flexibility index (Phi) is 4.29. The van der Waals surface area contributed by atoms with E-state index in [1.165, 1.54) is 6.33 Å². The average molecular weight is 295 g/mol. The van der Waals surface area contributed by atoms with Crippen molar-refractivity contribution in [3.63, 3.8) is 0 Å². The minimum Gasteiger partial charge on any atom is -0.494 e. The van der Waals surface area contributed by atoms with Crippen molar-refractivity contribution < 1.29 is 4.74 Å². The van der Waals surface area contributed by atoms with Crippen LogP contribution in [0.4, 0.5) is 11.6 Å². The van der Waals surface area contributed by atoms with E-state index in [9.17, 15) is 0 Å². The first kappa shape index (κ1) is 14.1. The predicted molar refractivity (Wildman–Crippen MR) is 86.8 cm³/mol. The third kappa shape index (κ3) is 3.41. The third-order valence-corrected chi connectivity index (χ3v) is 3.14. The van der Waals surface area contributed by atoms with Gasteiger partial charge in [0.2, 0.25) is 0 Å². The van der Waals surface area contributed by atoms with E-state index in [-0.39, 0.29) is 0 Å². The summed E-state index contributed by atoms with van der Waals surface area (Å²) in [5, 5.41) is 4.14. The highest BCUT2D eigenvalue weighted by Crippen LogP contribution is 2.18. The van der Waals surface area contributed by atoms with Gasteiger partial charge < -0.3 is 15.8 Å². The molecule has 1 aromatic carbocycles. The van der Waals surface area contributed by atoms with Gasteiger partial charge in [-0.3, -0.25) is 0 Å². The Hall–Kier alpha value is -2.89. The summed E-state index contributed by atoms with van der Waals surface area (Å²) in [6, 6.07) is 13.4. The fraction of sp³-hybridized carbons (Fsp3) is 0.188. The molecule has 0 atom stereocenters. The Morgan fingerprint density at radius 3 is 2.77 bits per heavy atom. The number of fused-ring (bicyclic) bond motifs is 1. The van der Waals surface area contributed by atoms with Crippen molar-refractivity contribution in [1.29, 1.82) is 0 Å². The predicted octanol–water partition coefficient (Wildman–Crippen LogP) is 2.49. The van der Waals surface area contributed by atoms with Crippen molar-refractivity contribution in [2.75, 3.05) is 24.2 Å². The number of ether oxygens (including phenoxy) is 1. The topological polar surface area (TPSA) is 86.0 Å². The highest BCUT2D eigenvalue weighted by molar-refractivity contribution is 5.86. The smallest absolute Gasteiger partial charge is 0.166 e. The summed E-state index contributed by atoms with van der Waals surface area (Å²) in [5.74, 6) is 2.10. The Balaban J connectivity index is 1.54. The first-order valence-corrected chi connectivity index (χ1v) is 7.12. The molecule has 112 valence electrons. The number of para-hydroxylation sites is 1. The van der Waals surface area contributed by atoms with Crippen LogP contribution in [0.2, 0.25) is 0 Å². The van der Waals surface area contributed by atoms with E-state index in [2.05, 4.69) is 20.3 Å². The lowest BCUT2D eigenvalue weighted by Gasteiger charge is -2.09. The van der Waals surface area contributed by atoms with E-state index >= 15 is 0 Å². The minimum absolute atomic E-state index is 0.452. The number of nitrogens with two attached hydrogens (primary N) is 1. The van der Waals surface area contributed by atoms with Gasteiger partial charge in [-0.15, -0.1) is 0 Å². The largest absolute Gasteiger partial charge is 0.494 e. The van der Waals surface area contributed by atoms with Crippen LogP contribution >= 0.6 is 0 Å². The second-order valence-corrected chi connectivity index (χ2v) is 4.77. The van der Waals surface area contributed by atoms with Crippen molar-refractivity contribution in [3.05, 3.63) is 48.8 Å². The van der Waals surface area contributed by atoms with Gasteiger partial charge in [0, 0.05) is 6.54 Å². The number of nitrogens with one attached hydrogen (secondary N) is 1. The van der Waals surface area contributed by atoms with Crippen molar-refractivity contribution in [2.45, 2.75) is 6.42 Å². The lowest BCUT2D eigenvalue weighted by atomic mass is 10.3. The molecule has 6 heteroatoms. The van der Waals surface area contributed by atoms with Crippen molar-refractivity contribution in [3.8, 4) is 5.75 Å². The van der Waals surface area contributed by atoms with Crippen LogP contribution in [0.3, 0.4) is 0 Å².